The van der Waals surface area contributed by atoms with Gasteiger partial charge in [-0.1, -0.05) is 29.8 Å². The molecular weight excluding hydrogens is 277 g/mol. The van der Waals surface area contributed by atoms with E-state index in [0.29, 0.717) is 16.3 Å². The highest BCUT2D eigenvalue weighted by Crippen LogP contribution is 2.26. The van der Waals surface area contributed by atoms with Crippen LogP contribution in [0.3, 0.4) is 0 Å². The molecule has 2 aromatic carbocycles. The van der Waals surface area contributed by atoms with Crippen LogP contribution in [0.15, 0.2) is 42.5 Å². The van der Waals surface area contributed by atoms with Crippen molar-refractivity contribution in [1.82, 2.24) is 0 Å². The molecule has 0 saturated carbocycles. The van der Waals surface area contributed by atoms with Gasteiger partial charge in [-0.25, -0.2) is 4.39 Å². The van der Waals surface area contributed by atoms with E-state index < -0.39 is 11.9 Å². The first-order valence-corrected chi connectivity index (χ1v) is 6.13. The molecule has 0 bridgehead atoms. The van der Waals surface area contributed by atoms with Gasteiger partial charge in [-0.2, -0.15) is 10.5 Å². The molecule has 0 aliphatic carbocycles. The molecule has 0 radical (unpaired) electrons. The molecule has 1 unspecified atom stereocenters. The zero-order valence-electron chi connectivity index (χ0n) is 10.3. The second-order valence-corrected chi connectivity index (χ2v) is 4.44. The third-order valence-corrected chi connectivity index (χ3v) is 3.08. The zero-order valence-corrected chi connectivity index (χ0v) is 11.0. The smallest absolute Gasteiger partial charge is 0.140 e. The van der Waals surface area contributed by atoms with Crippen molar-refractivity contribution in [2.45, 2.75) is 6.04 Å². The van der Waals surface area contributed by atoms with Crippen molar-refractivity contribution >= 4 is 17.3 Å². The molecule has 0 aliphatic rings. The monoisotopic (exact) mass is 285 g/mol. The largest absolute Gasteiger partial charge is 0.365 e. The Morgan fingerprint density at radius 3 is 2.55 bits per heavy atom. The van der Waals surface area contributed by atoms with Crippen LogP contribution in [0, 0.1) is 28.5 Å². The Morgan fingerprint density at radius 1 is 1.15 bits per heavy atom. The minimum Gasteiger partial charge on any atom is -0.365 e. The van der Waals surface area contributed by atoms with Gasteiger partial charge in [0.25, 0.3) is 0 Å². The van der Waals surface area contributed by atoms with Gasteiger partial charge in [-0.3, -0.25) is 0 Å². The number of nitrogens with zero attached hydrogens (tertiary/aromatic N) is 2. The molecule has 2 aromatic rings. The van der Waals surface area contributed by atoms with Gasteiger partial charge < -0.3 is 5.32 Å². The van der Waals surface area contributed by atoms with E-state index in [1.54, 1.807) is 30.3 Å². The van der Waals surface area contributed by atoms with Crippen LogP contribution in [0.4, 0.5) is 10.1 Å². The molecule has 0 heterocycles. The summed E-state index contributed by atoms with van der Waals surface area (Å²) >= 11 is 6.01. The van der Waals surface area contributed by atoms with Crippen molar-refractivity contribution in [1.29, 1.82) is 10.5 Å². The Labute approximate surface area is 120 Å². The standard InChI is InChI=1S/C15H9ClFN3/c16-12-3-1-2-4-14(12)20-15(9-19)10-5-6-13(17)11(7-10)8-18/h1-7,15,20H. The van der Waals surface area contributed by atoms with Gasteiger partial charge in [0.15, 0.2) is 0 Å². The van der Waals surface area contributed by atoms with E-state index >= 15 is 0 Å². The topological polar surface area (TPSA) is 59.6 Å². The predicted octanol–water partition coefficient (Wildman–Crippen LogP) is 4.03. The highest BCUT2D eigenvalue weighted by Gasteiger charge is 2.14. The van der Waals surface area contributed by atoms with Gasteiger partial charge in [0.05, 0.1) is 22.3 Å². The second-order valence-electron chi connectivity index (χ2n) is 4.04. The van der Waals surface area contributed by atoms with Crippen LogP contribution in [0.2, 0.25) is 5.02 Å². The van der Waals surface area contributed by atoms with E-state index in [1.807, 2.05) is 0 Å². The summed E-state index contributed by atoms with van der Waals surface area (Å²) in [6.07, 6.45) is 0. The Kier molecular flexibility index (Phi) is 4.20. The van der Waals surface area contributed by atoms with E-state index in [-0.39, 0.29) is 5.56 Å². The van der Waals surface area contributed by atoms with Crippen molar-refractivity contribution in [3.05, 3.63) is 64.4 Å². The maximum absolute atomic E-state index is 13.3. The molecule has 5 heteroatoms. The Bertz CT molecular complexity index is 716. The molecular formula is C15H9ClFN3. The summed E-state index contributed by atoms with van der Waals surface area (Å²) < 4.78 is 13.3. The SMILES string of the molecule is N#Cc1cc(C(C#N)Nc2ccccc2Cl)ccc1F. The zero-order chi connectivity index (χ0) is 14.5. The summed E-state index contributed by atoms with van der Waals surface area (Å²) in [4.78, 5) is 0. The van der Waals surface area contributed by atoms with E-state index in [4.69, 9.17) is 16.9 Å². The van der Waals surface area contributed by atoms with Crippen LogP contribution >= 0.6 is 11.6 Å². The fraction of sp³-hybridized carbons (Fsp3) is 0.0667. The summed E-state index contributed by atoms with van der Waals surface area (Å²) in [5.74, 6) is -0.606. The van der Waals surface area contributed by atoms with Crippen molar-refractivity contribution < 1.29 is 4.39 Å². The number of benzene rings is 2. The van der Waals surface area contributed by atoms with Gasteiger partial charge in [0.2, 0.25) is 0 Å². The second kappa shape index (κ2) is 6.06. The minimum atomic E-state index is -0.720. The van der Waals surface area contributed by atoms with Crippen LogP contribution in [0.1, 0.15) is 17.2 Å². The number of rotatable bonds is 3. The lowest BCUT2D eigenvalue weighted by atomic mass is 10.0. The molecule has 0 aromatic heterocycles. The number of nitriles is 2. The van der Waals surface area contributed by atoms with E-state index in [2.05, 4.69) is 11.4 Å². The van der Waals surface area contributed by atoms with Gasteiger partial charge in [-0.15, -0.1) is 0 Å². The first-order chi connectivity index (χ1) is 9.65. The minimum absolute atomic E-state index is 0.0938. The summed E-state index contributed by atoms with van der Waals surface area (Å²) in [7, 11) is 0. The number of para-hydroxylation sites is 1. The van der Waals surface area contributed by atoms with Crippen molar-refractivity contribution in [3.8, 4) is 12.1 Å². The lowest BCUT2D eigenvalue weighted by Crippen LogP contribution is -2.09. The number of nitrogens with one attached hydrogen (secondary N) is 1. The number of anilines is 1. The maximum atomic E-state index is 13.3. The van der Waals surface area contributed by atoms with Gasteiger partial charge in [0, 0.05) is 0 Å². The maximum Gasteiger partial charge on any atom is 0.140 e. The summed E-state index contributed by atoms with van der Waals surface area (Å²) in [5, 5.41) is 21.5. The van der Waals surface area contributed by atoms with E-state index in [1.165, 1.54) is 18.2 Å². The molecule has 3 nitrogen and oxygen atoms in total. The summed E-state index contributed by atoms with van der Waals surface area (Å²) in [6, 6.07) is 14.1. The summed E-state index contributed by atoms with van der Waals surface area (Å²) in [6.45, 7) is 0. The molecule has 0 spiro atoms. The molecule has 0 saturated heterocycles. The van der Waals surface area contributed by atoms with Gasteiger partial charge in [0.1, 0.15) is 17.9 Å². The van der Waals surface area contributed by atoms with Crippen molar-refractivity contribution in [3.63, 3.8) is 0 Å². The first-order valence-electron chi connectivity index (χ1n) is 5.76. The molecule has 1 N–H and O–H groups in total. The third-order valence-electron chi connectivity index (χ3n) is 2.75. The quantitative estimate of drug-likeness (QED) is 0.926. The van der Waals surface area contributed by atoms with Crippen LogP contribution < -0.4 is 5.32 Å². The number of hydrogen-bond acceptors (Lipinski definition) is 3. The highest BCUT2D eigenvalue weighted by atomic mass is 35.5. The molecule has 1 atom stereocenters. The van der Waals surface area contributed by atoms with Crippen LogP contribution in [0.5, 0.6) is 0 Å². The van der Waals surface area contributed by atoms with Crippen LogP contribution in [-0.2, 0) is 0 Å². The van der Waals surface area contributed by atoms with Crippen molar-refractivity contribution in [2.24, 2.45) is 0 Å². The lowest BCUT2D eigenvalue weighted by Gasteiger charge is -2.14. The number of hydrogen-bond donors (Lipinski definition) is 1. The Balaban J connectivity index is 2.33. The Morgan fingerprint density at radius 2 is 1.90 bits per heavy atom. The molecule has 2 rings (SSSR count). The van der Waals surface area contributed by atoms with Crippen LogP contribution in [0.25, 0.3) is 0 Å². The lowest BCUT2D eigenvalue weighted by molar-refractivity contribution is 0.623. The summed E-state index contributed by atoms with van der Waals surface area (Å²) in [5.41, 5.74) is 1.01. The fourth-order valence-corrected chi connectivity index (χ4v) is 1.92. The van der Waals surface area contributed by atoms with Gasteiger partial charge >= 0.3 is 0 Å². The van der Waals surface area contributed by atoms with Crippen molar-refractivity contribution in [2.75, 3.05) is 5.32 Å². The molecule has 0 fully saturated rings. The average Bonchev–Trinajstić information content (AvgIpc) is 2.47. The highest BCUT2D eigenvalue weighted by molar-refractivity contribution is 6.33. The normalized spacial score (nSPS) is 11.2. The predicted molar refractivity (Wildman–Crippen MR) is 74.5 cm³/mol. The van der Waals surface area contributed by atoms with Gasteiger partial charge in [-0.05, 0) is 29.8 Å². The fourth-order valence-electron chi connectivity index (χ4n) is 1.73. The first kappa shape index (κ1) is 13.9. The van der Waals surface area contributed by atoms with Crippen LogP contribution in [-0.4, -0.2) is 0 Å². The van der Waals surface area contributed by atoms with E-state index in [9.17, 15) is 9.65 Å². The van der Waals surface area contributed by atoms with E-state index in [0.717, 1.165) is 0 Å². The molecule has 0 amide bonds. The Hall–Kier alpha value is -2.56. The number of halogens is 2. The molecule has 98 valence electrons. The molecule has 0 aliphatic heterocycles. The third kappa shape index (κ3) is 2.88. The average molecular weight is 286 g/mol. The molecule has 20 heavy (non-hydrogen) atoms.